The van der Waals surface area contributed by atoms with E-state index in [1.165, 1.54) is 36.7 Å². The van der Waals surface area contributed by atoms with Crippen molar-refractivity contribution in [2.24, 2.45) is 0 Å². The van der Waals surface area contributed by atoms with E-state index in [0.29, 0.717) is 16.5 Å². The van der Waals surface area contributed by atoms with Crippen molar-refractivity contribution < 1.29 is 27.5 Å². The lowest BCUT2D eigenvalue weighted by Crippen LogP contribution is -2.41. The normalized spacial score (nSPS) is 13.4. The fourth-order valence-corrected chi connectivity index (χ4v) is 3.82. The number of fused-ring (bicyclic) bond motifs is 1. The van der Waals surface area contributed by atoms with E-state index < -0.39 is 35.6 Å². The first kappa shape index (κ1) is 23.4. The molecular formula is C26H20F4N2O2. The second-order valence-corrected chi connectivity index (χ2v) is 7.84. The Bertz CT molecular complexity index is 1290. The first-order valence-electron chi connectivity index (χ1n) is 10.5. The van der Waals surface area contributed by atoms with Crippen molar-refractivity contribution in [2.45, 2.75) is 24.7 Å². The van der Waals surface area contributed by atoms with Crippen LogP contribution in [0.15, 0.2) is 85.2 Å². The SMILES string of the molecule is O=C(N[C@@H](Cc1ccc(C(F)(F)F)cc1)[C@H](O)c1ccncc1)c1ccc(F)c2ccccc12. The Hall–Kier alpha value is -3.78. The number of aliphatic hydroxyl groups is 1. The Labute approximate surface area is 192 Å². The van der Waals surface area contributed by atoms with Crippen molar-refractivity contribution in [1.29, 1.82) is 0 Å². The maximum Gasteiger partial charge on any atom is 0.416 e. The van der Waals surface area contributed by atoms with Gasteiger partial charge in [0.15, 0.2) is 0 Å². The highest BCUT2D eigenvalue weighted by atomic mass is 19.4. The molecule has 0 aliphatic rings. The Morgan fingerprint density at radius 2 is 1.56 bits per heavy atom. The van der Waals surface area contributed by atoms with Crippen molar-refractivity contribution in [3.8, 4) is 0 Å². The number of amides is 1. The molecule has 0 saturated heterocycles. The number of benzene rings is 3. The number of carbonyl (C=O) groups excluding carboxylic acids is 1. The summed E-state index contributed by atoms with van der Waals surface area (Å²) >= 11 is 0. The summed E-state index contributed by atoms with van der Waals surface area (Å²) in [5.41, 5.74) is 0.409. The molecule has 3 aromatic carbocycles. The number of aromatic nitrogens is 1. The van der Waals surface area contributed by atoms with Crippen LogP contribution in [0.5, 0.6) is 0 Å². The molecule has 0 saturated carbocycles. The molecule has 2 N–H and O–H groups in total. The van der Waals surface area contributed by atoms with Crippen LogP contribution in [0.25, 0.3) is 10.8 Å². The lowest BCUT2D eigenvalue weighted by atomic mass is 9.95. The largest absolute Gasteiger partial charge is 0.416 e. The standard InChI is InChI=1S/C26H20F4N2O2/c27-22-10-9-21(19-3-1-2-4-20(19)22)25(34)32-23(24(33)17-11-13-31-14-12-17)15-16-5-7-18(8-6-16)26(28,29)30/h1-14,23-24,33H,15H2,(H,32,34)/t23-,24+/m0/s1. The van der Waals surface area contributed by atoms with Crippen molar-refractivity contribution in [3.63, 3.8) is 0 Å². The van der Waals surface area contributed by atoms with E-state index in [2.05, 4.69) is 10.3 Å². The number of halogens is 4. The molecule has 0 spiro atoms. The fraction of sp³-hybridized carbons (Fsp3) is 0.154. The smallest absolute Gasteiger partial charge is 0.386 e. The molecule has 2 atom stereocenters. The number of nitrogens with zero attached hydrogens (tertiary/aromatic N) is 1. The highest BCUT2D eigenvalue weighted by Gasteiger charge is 2.30. The summed E-state index contributed by atoms with van der Waals surface area (Å²) in [5, 5.41) is 14.5. The predicted octanol–water partition coefficient (Wildman–Crippen LogP) is 5.47. The molecule has 0 unspecified atom stereocenters. The van der Waals surface area contributed by atoms with Crippen molar-refractivity contribution in [1.82, 2.24) is 10.3 Å². The van der Waals surface area contributed by atoms with Gasteiger partial charge in [-0.2, -0.15) is 13.2 Å². The molecule has 4 rings (SSSR count). The molecule has 4 nitrogen and oxygen atoms in total. The van der Waals surface area contributed by atoms with E-state index in [1.807, 2.05) is 0 Å². The molecule has 1 heterocycles. The van der Waals surface area contributed by atoms with Gasteiger partial charge in [0.2, 0.25) is 0 Å². The number of rotatable bonds is 6. The Morgan fingerprint density at radius 1 is 0.912 bits per heavy atom. The van der Waals surface area contributed by atoms with E-state index in [4.69, 9.17) is 0 Å². The average Bonchev–Trinajstić information content (AvgIpc) is 2.84. The van der Waals surface area contributed by atoms with Gasteiger partial charge in [-0.25, -0.2) is 4.39 Å². The number of alkyl halides is 3. The highest BCUT2D eigenvalue weighted by Crippen LogP contribution is 2.30. The molecule has 174 valence electrons. The zero-order valence-corrected chi connectivity index (χ0v) is 17.8. The van der Waals surface area contributed by atoms with Crippen LogP contribution in [0.2, 0.25) is 0 Å². The van der Waals surface area contributed by atoms with Gasteiger partial charge in [0.05, 0.1) is 17.7 Å². The first-order chi connectivity index (χ1) is 16.2. The van der Waals surface area contributed by atoms with Gasteiger partial charge in [0.25, 0.3) is 5.91 Å². The predicted molar refractivity (Wildman–Crippen MR) is 120 cm³/mol. The summed E-state index contributed by atoms with van der Waals surface area (Å²) < 4.78 is 52.9. The summed E-state index contributed by atoms with van der Waals surface area (Å²) in [7, 11) is 0. The van der Waals surface area contributed by atoms with Crippen LogP contribution in [0, 0.1) is 5.82 Å². The van der Waals surface area contributed by atoms with Gasteiger partial charge < -0.3 is 10.4 Å². The molecular weight excluding hydrogens is 448 g/mol. The van der Waals surface area contributed by atoms with Crippen molar-refractivity contribution >= 4 is 16.7 Å². The summed E-state index contributed by atoms with van der Waals surface area (Å²) in [6.45, 7) is 0. The van der Waals surface area contributed by atoms with Gasteiger partial charge in [-0.3, -0.25) is 9.78 Å². The van der Waals surface area contributed by atoms with Gasteiger partial charge in [0, 0.05) is 23.3 Å². The molecule has 34 heavy (non-hydrogen) atoms. The average molecular weight is 468 g/mol. The Kier molecular flexibility index (Phi) is 6.61. The van der Waals surface area contributed by atoms with Gasteiger partial charge in [-0.1, -0.05) is 36.4 Å². The number of aliphatic hydroxyl groups excluding tert-OH is 1. The minimum atomic E-state index is -4.47. The molecule has 0 aliphatic carbocycles. The molecule has 8 heteroatoms. The van der Waals surface area contributed by atoms with Crippen LogP contribution >= 0.6 is 0 Å². The van der Waals surface area contributed by atoms with E-state index in [-0.39, 0.29) is 17.4 Å². The monoisotopic (exact) mass is 468 g/mol. The topological polar surface area (TPSA) is 62.2 Å². The number of hydrogen-bond acceptors (Lipinski definition) is 3. The van der Waals surface area contributed by atoms with Crippen LogP contribution in [0.1, 0.15) is 33.2 Å². The summed E-state index contributed by atoms with van der Waals surface area (Å²) in [6.07, 6.45) is -2.59. The van der Waals surface area contributed by atoms with Crippen LogP contribution in [-0.4, -0.2) is 22.0 Å². The number of pyridine rings is 1. The molecule has 0 aliphatic heterocycles. The quantitative estimate of drug-likeness (QED) is 0.369. The van der Waals surface area contributed by atoms with Gasteiger partial charge >= 0.3 is 6.18 Å². The van der Waals surface area contributed by atoms with E-state index >= 15 is 0 Å². The highest BCUT2D eigenvalue weighted by molar-refractivity contribution is 6.07. The third-order valence-corrected chi connectivity index (χ3v) is 5.60. The summed E-state index contributed by atoms with van der Waals surface area (Å²) in [4.78, 5) is 17.1. The lowest BCUT2D eigenvalue weighted by molar-refractivity contribution is -0.137. The molecule has 4 aromatic rings. The van der Waals surface area contributed by atoms with Crippen molar-refractivity contribution in [2.75, 3.05) is 0 Å². The molecule has 0 fully saturated rings. The maximum atomic E-state index is 14.2. The van der Waals surface area contributed by atoms with Gasteiger partial charge in [-0.05, 0) is 59.3 Å². The zero-order valence-electron chi connectivity index (χ0n) is 17.8. The fourth-order valence-electron chi connectivity index (χ4n) is 3.82. The number of hydrogen-bond donors (Lipinski definition) is 2. The maximum absolute atomic E-state index is 14.2. The minimum Gasteiger partial charge on any atom is -0.386 e. The molecule has 0 bridgehead atoms. The first-order valence-corrected chi connectivity index (χ1v) is 10.5. The zero-order chi connectivity index (χ0) is 24.3. The van der Waals surface area contributed by atoms with E-state index in [1.54, 1.807) is 36.4 Å². The molecule has 1 amide bonds. The molecule has 1 aromatic heterocycles. The Balaban J connectivity index is 1.65. The van der Waals surface area contributed by atoms with Crippen LogP contribution in [0.3, 0.4) is 0 Å². The third-order valence-electron chi connectivity index (χ3n) is 5.60. The van der Waals surface area contributed by atoms with Crippen LogP contribution < -0.4 is 5.32 Å². The van der Waals surface area contributed by atoms with Crippen molar-refractivity contribution in [3.05, 3.63) is 113 Å². The second-order valence-electron chi connectivity index (χ2n) is 7.84. The third kappa shape index (κ3) is 5.07. The van der Waals surface area contributed by atoms with Crippen LogP contribution in [0.4, 0.5) is 17.6 Å². The van der Waals surface area contributed by atoms with Crippen LogP contribution in [-0.2, 0) is 12.6 Å². The lowest BCUT2D eigenvalue weighted by Gasteiger charge is -2.25. The van der Waals surface area contributed by atoms with E-state index in [0.717, 1.165) is 12.1 Å². The van der Waals surface area contributed by atoms with Gasteiger partial charge in [0.1, 0.15) is 5.82 Å². The Morgan fingerprint density at radius 3 is 2.21 bits per heavy atom. The summed E-state index contributed by atoms with van der Waals surface area (Å²) in [5.74, 6) is -1.01. The minimum absolute atomic E-state index is 0.0620. The number of carbonyl (C=O) groups is 1. The number of nitrogens with one attached hydrogen (secondary N) is 1. The second kappa shape index (κ2) is 9.61. The van der Waals surface area contributed by atoms with Gasteiger partial charge in [-0.15, -0.1) is 0 Å². The summed E-state index contributed by atoms with van der Waals surface area (Å²) in [6, 6.07) is 15.9. The molecule has 0 radical (unpaired) electrons. The van der Waals surface area contributed by atoms with E-state index in [9.17, 15) is 27.5 Å².